The Morgan fingerprint density at radius 2 is 2.00 bits per heavy atom. The summed E-state index contributed by atoms with van der Waals surface area (Å²) < 4.78 is 14.5. The zero-order valence-electron chi connectivity index (χ0n) is 9.35. The average molecular weight is 234 g/mol. The van der Waals surface area contributed by atoms with Crippen LogP contribution in [0.2, 0.25) is 0 Å². The van der Waals surface area contributed by atoms with Crippen LogP contribution in [0.1, 0.15) is 6.92 Å². The van der Waals surface area contributed by atoms with Crippen molar-refractivity contribution in [2.75, 3.05) is 33.0 Å². The summed E-state index contributed by atoms with van der Waals surface area (Å²) in [5.74, 6) is -2.40. The fraction of sp³-hybridized carbons (Fsp3) is 0.700. The molecule has 0 amide bonds. The molecule has 1 unspecified atom stereocenters. The molecule has 94 valence electrons. The maximum absolute atomic E-state index is 10.8. The van der Waals surface area contributed by atoms with Crippen LogP contribution in [0.15, 0.2) is 12.7 Å². The van der Waals surface area contributed by atoms with E-state index < -0.39 is 11.8 Å². The van der Waals surface area contributed by atoms with Crippen molar-refractivity contribution in [1.82, 2.24) is 0 Å². The number of rotatable bonds is 9. The molecule has 0 saturated carbocycles. The second-order valence-corrected chi connectivity index (χ2v) is 3.19. The van der Waals surface area contributed by atoms with Gasteiger partial charge in [0.15, 0.2) is 0 Å². The highest BCUT2D eigenvalue weighted by Crippen LogP contribution is 2.06. The van der Waals surface area contributed by atoms with Gasteiger partial charge in [-0.3, -0.25) is 0 Å². The summed E-state index contributed by atoms with van der Waals surface area (Å²) in [6.07, 6.45) is 0.957. The molecule has 0 aromatic carbocycles. The normalized spacial score (nSPS) is 14.2. The van der Waals surface area contributed by atoms with Crippen molar-refractivity contribution in [3.8, 4) is 0 Å². The molecule has 0 aromatic heterocycles. The van der Waals surface area contributed by atoms with E-state index in [4.69, 9.17) is 14.6 Å². The number of hydrogen-bond acceptors (Lipinski definition) is 6. The van der Waals surface area contributed by atoms with Crippen molar-refractivity contribution in [2.45, 2.75) is 12.7 Å². The molecule has 16 heavy (non-hydrogen) atoms. The van der Waals surface area contributed by atoms with Crippen LogP contribution in [-0.4, -0.2) is 55.0 Å². The smallest absolute Gasteiger partial charge is 0.332 e. The van der Waals surface area contributed by atoms with Gasteiger partial charge in [0.2, 0.25) is 5.79 Å². The Labute approximate surface area is 94.4 Å². The first-order chi connectivity index (χ1) is 7.52. The molecule has 0 fully saturated rings. The van der Waals surface area contributed by atoms with Crippen molar-refractivity contribution in [3.63, 3.8) is 0 Å². The molecule has 0 saturated heterocycles. The Morgan fingerprint density at radius 1 is 1.38 bits per heavy atom. The van der Waals surface area contributed by atoms with E-state index in [-0.39, 0.29) is 26.4 Å². The topological polar surface area (TPSA) is 85.2 Å². The maximum Gasteiger partial charge on any atom is 0.332 e. The molecule has 0 aliphatic carbocycles. The minimum atomic E-state index is -1.68. The van der Waals surface area contributed by atoms with Crippen LogP contribution in [0.3, 0.4) is 0 Å². The molecule has 0 radical (unpaired) electrons. The molecule has 1 atom stereocenters. The molecule has 6 heteroatoms. The van der Waals surface area contributed by atoms with E-state index in [1.54, 1.807) is 0 Å². The van der Waals surface area contributed by atoms with Crippen molar-refractivity contribution in [3.05, 3.63) is 12.7 Å². The molecular formula is C10H18O6. The fourth-order valence-electron chi connectivity index (χ4n) is 0.834. The Balaban J connectivity index is 3.57. The van der Waals surface area contributed by atoms with Crippen molar-refractivity contribution >= 4 is 5.97 Å². The standard InChI is InChI=1S/C10H18O6/c1-3-9(12)16-10(2,13)8-15-7-6-14-5-4-11/h3,11,13H,1,4-8H2,2H3. The zero-order valence-corrected chi connectivity index (χ0v) is 9.35. The van der Waals surface area contributed by atoms with Crippen LogP contribution in [0.5, 0.6) is 0 Å². The first kappa shape index (κ1) is 15.0. The molecule has 0 aromatic rings. The second kappa shape index (κ2) is 8.23. The second-order valence-electron chi connectivity index (χ2n) is 3.19. The van der Waals surface area contributed by atoms with E-state index in [0.29, 0.717) is 6.61 Å². The highest BCUT2D eigenvalue weighted by molar-refractivity contribution is 5.81. The van der Waals surface area contributed by atoms with Crippen LogP contribution in [0, 0.1) is 0 Å². The van der Waals surface area contributed by atoms with Crippen LogP contribution in [0.25, 0.3) is 0 Å². The molecule has 0 rings (SSSR count). The largest absolute Gasteiger partial charge is 0.428 e. The van der Waals surface area contributed by atoms with Gasteiger partial charge in [0, 0.05) is 13.0 Å². The van der Waals surface area contributed by atoms with Gasteiger partial charge in [0.25, 0.3) is 0 Å². The lowest BCUT2D eigenvalue weighted by Crippen LogP contribution is -2.36. The van der Waals surface area contributed by atoms with Gasteiger partial charge in [-0.15, -0.1) is 0 Å². The summed E-state index contributed by atoms with van der Waals surface area (Å²) in [4.78, 5) is 10.8. The van der Waals surface area contributed by atoms with E-state index in [9.17, 15) is 9.90 Å². The Morgan fingerprint density at radius 3 is 2.56 bits per heavy atom. The van der Waals surface area contributed by atoms with Crippen molar-refractivity contribution < 1.29 is 29.2 Å². The van der Waals surface area contributed by atoms with Gasteiger partial charge in [-0.2, -0.15) is 0 Å². The monoisotopic (exact) mass is 234 g/mol. The van der Waals surface area contributed by atoms with E-state index in [0.717, 1.165) is 6.08 Å². The Kier molecular flexibility index (Phi) is 7.74. The van der Waals surface area contributed by atoms with Gasteiger partial charge >= 0.3 is 5.97 Å². The van der Waals surface area contributed by atoms with Crippen molar-refractivity contribution in [2.24, 2.45) is 0 Å². The highest BCUT2D eigenvalue weighted by atomic mass is 16.7. The first-order valence-corrected chi connectivity index (χ1v) is 4.86. The number of carbonyl (C=O) groups excluding carboxylic acids is 1. The number of aliphatic hydroxyl groups is 2. The summed E-state index contributed by atoms with van der Waals surface area (Å²) in [6.45, 7) is 5.09. The lowest BCUT2D eigenvalue weighted by molar-refractivity contribution is -0.216. The molecule has 6 nitrogen and oxygen atoms in total. The molecule has 0 aliphatic rings. The van der Waals surface area contributed by atoms with Gasteiger partial charge in [-0.05, 0) is 0 Å². The predicted molar refractivity (Wildman–Crippen MR) is 55.6 cm³/mol. The number of carbonyl (C=O) groups is 1. The summed E-state index contributed by atoms with van der Waals surface area (Å²) in [5, 5.41) is 17.9. The van der Waals surface area contributed by atoms with E-state index in [2.05, 4.69) is 11.3 Å². The van der Waals surface area contributed by atoms with E-state index >= 15 is 0 Å². The molecular weight excluding hydrogens is 216 g/mol. The molecule has 0 aliphatic heterocycles. The van der Waals surface area contributed by atoms with Crippen LogP contribution in [0.4, 0.5) is 0 Å². The van der Waals surface area contributed by atoms with Crippen LogP contribution < -0.4 is 0 Å². The number of ether oxygens (including phenoxy) is 3. The molecule has 2 N–H and O–H groups in total. The van der Waals surface area contributed by atoms with Gasteiger partial charge in [-0.25, -0.2) is 4.79 Å². The van der Waals surface area contributed by atoms with Gasteiger partial charge < -0.3 is 24.4 Å². The molecule has 0 spiro atoms. The zero-order chi connectivity index (χ0) is 12.4. The third kappa shape index (κ3) is 8.37. The molecule has 0 bridgehead atoms. The Bertz CT molecular complexity index is 213. The fourth-order valence-corrected chi connectivity index (χ4v) is 0.834. The molecule has 0 heterocycles. The third-order valence-electron chi connectivity index (χ3n) is 1.46. The minimum Gasteiger partial charge on any atom is -0.428 e. The highest BCUT2D eigenvalue weighted by Gasteiger charge is 2.24. The maximum atomic E-state index is 10.8. The number of aliphatic hydroxyl groups excluding tert-OH is 1. The third-order valence-corrected chi connectivity index (χ3v) is 1.46. The van der Waals surface area contributed by atoms with Gasteiger partial charge in [0.1, 0.15) is 6.61 Å². The summed E-state index contributed by atoms with van der Waals surface area (Å²) in [5.41, 5.74) is 0. The quantitative estimate of drug-likeness (QED) is 0.241. The van der Waals surface area contributed by atoms with Gasteiger partial charge in [0.05, 0.1) is 26.4 Å². The SMILES string of the molecule is C=CC(=O)OC(C)(O)COCCOCCO. The summed E-state index contributed by atoms with van der Waals surface area (Å²) in [7, 11) is 0. The van der Waals surface area contributed by atoms with Crippen LogP contribution >= 0.6 is 0 Å². The van der Waals surface area contributed by atoms with E-state index in [1.807, 2.05) is 0 Å². The number of hydrogen-bond donors (Lipinski definition) is 2. The predicted octanol–water partition coefficient (Wildman–Crippen LogP) is -0.550. The average Bonchev–Trinajstić information content (AvgIpc) is 2.22. The summed E-state index contributed by atoms with van der Waals surface area (Å²) in [6, 6.07) is 0. The Hall–Kier alpha value is -0.950. The minimum absolute atomic E-state index is 0.0470. The van der Waals surface area contributed by atoms with E-state index in [1.165, 1.54) is 6.92 Å². The first-order valence-electron chi connectivity index (χ1n) is 4.86. The van der Waals surface area contributed by atoms with Crippen LogP contribution in [-0.2, 0) is 19.0 Å². The number of esters is 1. The van der Waals surface area contributed by atoms with Crippen molar-refractivity contribution in [1.29, 1.82) is 0 Å². The summed E-state index contributed by atoms with van der Waals surface area (Å²) >= 11 is 0. The lowest BCUT2D eigenvalue weighted by atomic mass is 10.3. The van der Waals surface area contributed by atoms with Gasteiger partial charge in [-0.1, -0.05) is 6.58 Å². The lowest BCUT2D eigenvalue weighted by Gasteiger charge is -2.22.